The molecule has 0 saturated carbocycles. The van der Waals surface area contributed by atoms with Crippen LogP contribution in [0.1, 0.15) is 61.7 Å². The van der Waals surface area contributed by atoms with Crippen LogP contribution in [0.5, 0.6) is 0 Å². The number of amides is 3. The van der Waals surface area contributed by atoms with Crippen molar-refractivity contribution in [3.8, 4) is 0 Å². The average molecular weight is 724 g/mol. The first-order valence-corrected chi connectivity index (χ1v) is 17.5. The summed E-state index contributed by atoms with van der Waals surface area (Å²) in [5, 5.41) is 36.6. The number of carboxylic acids is 1. The van der Waals surface area contributed by atoms with Crippen molar-refractivity contribution in [2.24, 2.45) is 0 Å². The number of likely N-dealkylation sites (N-methyl/N-ethyl adjacent to an activating group) is 1. The molecule has 0 fully saturated rings. The summed E-state index contributed by atoms with van der Waals surface area (Å²) in [6.07, 6.45) is -0.730. The zero-order valence-corrected chi connectivity index (χ0v) is 30.9. The molecule has 4 aromatic carbocycles. The molecule has 0 aromatic heterocycles. The maximum atomic E-state index is 13.9. The minimum absolute atomic E-state index is 0.0135. The van der Waals surface area contributed by atoms with Crippen molar-refractivity contribution in [3.05, 3.63) is 119 Å². The van der Waals surface area contributed by atoms with Gasteiger partial charge in [0.05, 0.1) is 11.6 Å². The SMILES string of the molecule is CNC(Cc1ccc2ccccc2c1)[C@H](O)NC(C)(C)C(=O)NC(Cc1ccc(C(=O)c2ccccc2)cc1)C(=O)NC(C)(C)C(=O)NC(C)C(=O)O. The Balaban J connectivity index is 1.51. The van der Waals surface area contributed by atoms with Crippen molar-refractivity contribution in [2.45, 2.75) is 82.9 Å². The van der Waals surface area contributed by atoms with Crippen LogP contribution >= 0.6 is 0 Å². The highest BCUT2D eigenvalue weighted by atomic mass is 16.4. The molecule has 280 valence electrons. The number of aliphatic hydroxyl groups is 1. The lowest BCUT2D eigenvalue weighted by Crippen LogP contribution is -2.65. The second-order valence-corrected chi connectivity index (χ2v) is 14.3. The van der Waals surface area contributed by atoms with E-state index in [9.17, 15) is 34.2 Å². The summed E-state index contributed by atoms with van der Waals surface area (Å²) in [6, 6.07) is 26.6. The van der Waals surface area contributed by atoms with Crippen LogP contribution in [0.25, 0.3) is 10.8 Å². The molecular weight excluding hydrogens is 674 g/mol. The fourth-order valence-electron chi connectivity index (χ4n) is 5.75. The number of aliphatic hydroxyl groups excluding tert-OH is 1. The van der Waals surface area contributed by atoms with E-state index in [1.807, 2.05) is 42.5 Å². The molecule has 4 atom stereocenters. The van der Waals surface area contributed by atoms with E-state index >= 15 is 0 Å². The van der Waals surface area contributed by atoms with Gasteiger partial charge in [-0.2, -0.15) is 0 Å². The normalized spacial score (nSPS) is 14.0. The molecule has 12 heteroatoms. The first-order chi connectivity index (χ1) is 25.0. The Labute approximate surface area is 309 Å². The molecular formula is C41H49N5O7. The van der Waals surface area contributed by atoms with Gasteiger partial charge in [0.2, 0.25) is 17.7 Å². The van der Waals surface area contributed by atoms with Gasteiger partial charge in [-0.05, 0) is 70.0 Å². The minimum Gasteiger partial charge on any atom is -0.480 e. The Morgan fingerprint density at radius 3 is 1.87 bits per heavy atom. The summed E-state index contributed by atoms with van der Waals surface area (Å²) in [7, 11) is 1.72. The van der Waals surface area contributed by atoms with Crippen LogP contribution in [-0.2, 0) is 32.0 Å². The second kappa shape index (κ2) is 17.4. The highest BCUT2D eigenvalue weighted by molar-refractivity contribution is 6.09. The number of hydrogen-bond donors (Lipinski definition) is 7. The zero-order valence-electron chi connectivity index (χ0n) is 30.9. The van der Waals surface area contributed by atoms with E-state index in [0.29, 0.717) is 23.1 Å². The van der Waals surface area contributed by atoms with Gasteiger partial charge >= 0.3 is 5.97 Å². The molecule has 0 heterocycles. The third-order valence-electron chi connectivity index (χ3n) is 9.13. The van der Waals surface area contributed by atoms with E-state index in [1.54, 1.807) is 69.4 Å². The van der Waals surface area contributed by atoms with E-state index in [-0.39, 0.29) is 12.2 Å². The van der Waals surface area contributed by atoms with Gasteiger partial charge in [0.25, 0.3) is 0 Å². The van der Waals surface area contributed by atoms with Gasteiger partial charge in [0.15, 0.2) is 5.78 Å². The van der Waals surface area contributed by atoms with Crippen molar-refractivity contribution in [1.29, 1.82) is 0 Å². The predicted molar refractivity (Wildman–Crippen MR) is 203 cm³/mol. The lowest BCUT2D eigenvalue weighted by atomic mass is 9.96. The summed E-state index contributed by atoms with van der Waals surface area (Å²) in [5.41, 5.74) is -0.360. The molecule has 3 unspecified atom stereocenters. The number of nitrogens with one attached hydrogen (secondary N) is 5. The number of fused-ring (bicyclic) bond motifs is 1. The number of hydrogen-bond acceptors (Lipinski definition) is 8. The molecule has 3 amide bonds. The Hall–Kier alpha value is -5.43. The van der Waals surface area contributed by atoms with E-state index in [2.05, 4.69) is 32.7 Å². The van der Waals surface area contributed by atoms with Crippen LogP contribution in [0, 0.1) is 0 Å². The van der Waals surface area contributed by atoms with E-state index in [4.69, 9.17) is 0 Å². The lowest BCUT2D eigenvalue weighted by molar-refractivity contribution is -0.142. The Kier molecular flexibility index (Phi) is 13.2. The average Bonchev–Trinajstić information content (AvgIpc) is 3.13. The van der Waals surface area contributed by atoms with Gasteiger partial charge in [-0.3, -0.25) is 29.3 Å². The predicted octanol–water partition coefficient (Wildman–Crippen LogP) is 3.10. The summed E-state index contributed by atoms with van der Waals surface area (Å²) < 4.78 is 0. The molecule has 0 aliphatic carbocycles. The van der Waals surface area contributed by atoms with Crippen LogP contribution in [0.15, 0.2) is 97.1 Å². The summed E-state index contributed by atoms with van der Waals surface area (Å²) in [4.78, 5) is 64.9. The van der Waals surface area contributed by atoms with Gasteiger partial charge < -0.3 is 31.5 Å². The molecule has 7 N–H and O–H groups in total. The molecule has 0 aliphatic heterocycles. The van der Waals surface area contributed by atoms with Crippen LogP contribution in [0.3, 0.4) is 0 Å². The van der Waals surface area contributed by atoms with Gasteiger partial charge in [0.1, 0.15) is 23.9 Å². The van der Waals surface area contributed by atoms with Crippen molar-refractivity contribution in [2.75, 3.05) is 7.05 Å². The van der Waals surface area contributed by atoms with Crippen molar-refractivity contribution < 1.29 is 34.2 Å². The topological polar surface area (TPSA) is 186 Å². The monoisotopic (exact) mass is 723 g/mol. The Morgan fingerprint density at radius 1 is 0.679 bits per heavy atom. The third kappa shape index (κ3) is 10.8. The summed E-state index contributed by atoms with van der Waals surface area (Å²) in [5.74, 6) is -3.45. The van der Waals surface area contributed by atoms with Crippen molar-refractivity contribution in [3.63, 3.8) is 0 Å². The maximum absolute atomic E-state index is 13.9. The van der Waals surface area contributed by atoms with E-state index < -0.39 is 59.1 Å². The number of ketones is 1. The lowest BCUT2D eigenvalue weighted by Gasteiger charge is -2.34. The van der Waals surface area contributed by atoms with Crippen molar-refractivity contribution in [1.82, 2.24) is 26.6 Å². The van der Waals surface area contributed by atoms with Gasteiger partial charge in [0, 0.05) is 17.5 Å². The van der Waals surface area contributed by atoms with Gasteiger partial charge in [-0.1, -0.05) is 97.1 Å². The molecule has 0 spiro atoms. The highest BCUT2D eigenvalue weighted by Gasteiger charge is 2.38. The molecule has 4 aromatic rings. The van der Waals surface area contributed by atoms with Crippen LogP contribution in [0.2, 0.25) is 0 Å². The smallest absolute Gasteiger partial charge is 0.325 e. The molecule has 0 saturated heterocycles. The largest absolute Gasteiger partial charge is 0.480 e. The van der Waals surface area contributed by atoms with Crippen LogP contribution in [-0.4, -0.2) is 82.2 Å². The van der Waals surface area contributed by atoms with Gasteiger partial charge in [-0.25, -0.2) is 0 Å². The van der Waals surface area contributed by atoms with Crippen LogP contribution < -0.4 is 26.6 Å². The van der Waals surface area contributed by atoms with E-state index in [1.165, 1.54) is 20.8 Å². The molecule has 0 bridgehead atoms. The standard InChI is InChI=1S/C41H49N5O7/c1-25(37(50)51)43-38(52)40(2,3)46-36(49)33(23-26-16-20-30(21-17-26)34(47)29-13-8-7-9-14-29)44-39(53)41(4,5)45-35(48)32(42-6)24-27-18-19-28-12-10-11-15-31(28)22-27/h7-22,25,32-33,35,42,45,48H,23-24H2,1-6H3,(H,43,52)(H,44,53)(H,46,49)(H,50,51)/t25?,32?,33?,35-/m0/s1. The molecule has 12 nitrogen and oxygen atoms in total. The highest BCUT2D eigenvalue weighted by Crippen LogP contribution is 2.19. The van der Waals surface area contributed by atoms with Gasteiger partial charge in [-0.15, -0.1) is 0 Å². The minimum atomic E-state index is -1.55. The molecule has 53 heavy (non-hydrogen) atoms. The molecule has 4 rings (SSSR count). The first kappa shape index (κ1) is 40.3. The number of carbonyl (C=O) groups excluding carboxylic acids is 4. The third-order valence-corrected chi connectivity index (χ3v) is 9.13. The maximum Gasteiger partial charge on any atom is 0.325 e. The first-order valence-electron chi connectivity index (χ1n) is 17.5. The second-order valence-electron chi connectivity index (χ2n) is 14.3. The number of aliphatic carboxylic acids is 1. The van der Waals surface area contributed by atoms with Crippen molar-refractivity contribution >= 4 is 40.2 Å². The summed E-state index contributed by atoms with van der Waals surface area (Å²) in [6.45, 7) is 7.31. The van der Waals surface area contributed by atoms with E-state index in [0.717, 1.165) is 16.3 Å². The number of benzene rings is 4. The molecule has 0 radical (unpaired) electrons. The number of rotatable bonds is 17. The number of carbonyl (C=O) groups is 5. The Morgan fingerprint density at radius 2 is 1.25 bits per heavy atom. The quantitative estimate of drug-likeness (QED) is 0.0635. The zero-order chi connectivity index (χ0) is 38.9. The number of carboxylic acid groups (broad SMARTS) is 1. The summed E-state index contributed by atoms with van der Waals surface area (Å²) >= 11 is 0. The fourth-order valence-corrected chi connectivity index (χ4v) is 5.75. The Bertz CT molecular complexity index is 1930. The molecule has 0 aliphatic rings. The fraction of sp³-hybridized carbons (Fsp3) is 0.341. The van der Waals surface area contributed by atoms with Crippen LogP contribution in [0.4, 0.5) is 0 Å².